The quantitative estimate of drug-likeness (QED) is 0.571. The minimum atomic E-state index is 0.795. The average Bonchev–Trinajstić information content (AvgIpc) is 2.15. The number of hydrogen-bond donors (Lipinski definition) is 1. The largest absolute Gasteiger partial charge is 0.175 e. The molecule has 0 aliphatic rings. The van der Waals surface area contributed by atoms with Gasteiger partial charge in [0.25, 0.3) is 0 Å². The van der Waals surface area contributed by atoms with E-state index in [-0.39, 0.29) is 0 Å². The fourth-order valence-electron chi connectivity index (χ4n) is 0.934. The van der Waals surface area contributed by atoms with Crippen LogP contribution in [-0.2, 0) is 0 Å². The van der Waals surface area contributed by atoms with E-state index in [9.17, 15) is 0 Å². The lowest BCUT2D eigenvalue weighted by Gasteiger charge is -1.96. The van der Waals surface area contributed by atoms with Gasteiger partial charge in [0, 0.05) is 10.6 Å². The monoisotopic (exact) mass is 196 g/mol. The van der Waals surface area contributed by atoms with Crippen LogP contribution in [-0.4, -0.2) is 12.0 Å². The van der Waals surface area contributed by atoms with E-state index in [1.54, 1.807) is 11.8 Å². The van der Waals surface area contributed by atoms with Gasteiger partial charge in [0.05, 0.1) is 0 Å². The summed E-state index contributed by atoms with van der Waals surface area (Å²) in [6, 6.07) is 8.46. The summed E-state index contributed by atoms with van der Waals surface area (Å²) in [5, 5.41) is 0. The molecule has 1 aromatic carbocycles. The SMILES string of the molecule is CSc1cccc(C=CCS)c1. The van der Waals surface area contributed by atoms with Gasteiger partial charge < -0.3 is 0 Å². The molecule has 0 unspecified atom stereocenters. The molecule has 1 rings (SSSR count). The molecule has 0 nitrogen and oxygen atoms in total. The molecular formula is C10H12S2. The Kier molecular flexibility index (Phi) is 4.33. The summed E-state index contributed by atoms with van der Waals surface area (Å²) in [4.78, 5) is 1.30. The maximum atomic E-state index is 4.11. The van der Waals surface area contributed by atoms with Crippen LogP contribution in [0.15, 0.2) is 35.2 Å². The van der Waals surface area contributed by atoms with E-state index in [1.807, 2.05) is 6.08 Å². The van der Waals surface area contributed by atoms with Crippen molar-refractivity contribution in [3.63, 3.8) is 0 Å². The molecular weight excluding hydrogens is 184 g/mol. The molecule has 0 radical (unpaired) electrons. The van der Waals surface area contributed by atoms with E-state index in [1.165, 1.54) is 10.5 Å². The third kappa shape index (κ3) is 2.95. The maximum Gasteiger partial charge on any atom is 0.00858 e. The molecule has 0 atom stereocenters. The van der Waals surface area contributed by atoms with Gasteiger partial charge in [-0.25, -0.2) is 0 Å². The zero-order valence-electron chi connectivity index (χ0n) is 7.03. The summed E-state index contributed by atoms with van der Waals surface area (Å²) in [7, 11) is 0. The molecule has 0 aliphatic carbocycles. The highest BCUT2D eigenvalue weighted by atomic mass is 32.2. The van der Waals surface area contributed by atoms with Crippen LogP contribution >= 0.6 is 24.4 Å². The van der Waals surface area contributed by atoms with Gasteiger partial charge in [-0.3, -0.25) is 0 Å². The van der Waals surface area contributed by atoms with Crippen molar-refractivity contribution in [1.82, 2.24) is 0 Å². The van der Waals surface area contributed by atoms with Crippen LogP contribution in [0.2, 0.25) is 0 Å². The minimum Gasteiger partial charge on any atom is -0.175 e. The van der Waals surface area contributed by atoms with Crippen LogP contribution in [0.3, 0.4) is 0 Å². The second-order valence-electron chi connectivity index (χ2n) is 2.36. The van der Waals surface area contributed by atoms with Crippen LogP contribution in [0.25, 0.3) is 6.08 Å². The van der Waals surface area contributed by atoms with Gasteiger partial charge in [0.15, 0.2) is 0 Å². The van der Waals surface area contributed by atoms with Gasteiger partial charge in [0.2, 0.25) is 0 Å². The Hall–Kier alpha value is -0.340. The Balaban J connectivity index is 2.79. The second-order valence-corrected chi connectivity index (χ2v) is 3.61. The van der Waals surface area contributed by atoms with Crippen LogP contribution in [0.4, 0.5) is 0 Å². The lowest BCUT2D eigenvalue weighted by Crippen LogP contribution is -1.73. The standard InChI is InChI=1S/C10H12S2/c1-12-10-6-2-4-9(8-10)5-3-7-11/h2-6,8,11H,7H2,1H3. The minimum absolute atomic E-state index is 0.795. The van der Waals surface area contributed by atoms with Crippen molar-refractivity contribution in [2.45, 2.75) is 4.90 Å². The predicted octanol–water partition coefficient (Wildman–Crippen LogP) is 3.35. The molecule has 0 aromatic heterocycles. The predicted molar refractivity (Wildman–Crippen MR) is 61.1 cm³/mol. The number of thiol groups is 1. The van der Waals surface area contributed by atoms with E-state index < -0.39 is 0 Å². The Labute approximate surface area is 83.5 Å². The fourth-order valence-corrected chi connectivity index (χ4v) is 1.51. The van der Waals surface area contributed by atoms with Gasteiger partial charge in [-0.2, -0.15) is 12.6 Å². The number of benzene rings is 1. The van der Waals surface area contributed by atoms with Gasteiger partial charge in [0.1, 0.15) is 0 Å². The first kappa shape index (κ1) is 9.75. The van der Waals surface area contributed by atoms with Gasteiger partial charge in [-0.1, -0.05) is 24.3 Å². The second kappa shape index (κ2) is 5.33. The van der Waals surface area contributed by atoms with E-state index in [0.29, 0.717) is 0 Å². The van der Waals surface area contributed by atoms with Gasteiger partial charge in [-0.15, -0.1) is 11.8 Å². The van der Waals surface area contributed by atoms with E-state index in [4.69, 9.17) is 0 Å². The van der Waals surface area contributed by atoms with Gasteiger partial charge >= 0.3 is 0 Å². The van der Waals surface area contributed by atoms with E-state index in [2.05, 4.69) is 49.2 Å². The van der Waals surface area contributed by atoms with Crippen molar-refractivity contribution >= 4 is 30.5 Å². The van der Waals surface area contributed by atoms with Crippen LogP contribution in [0, 0.1) is 0 Å². The third-order valence-electron chi connectivity index (χ3n) is 1.51. The normalized spacial score (nSPS) is 10.8. The van der Waals surface area contributed by atoms with Crippen LogP contribution in [0.1, 0.15) is 5.56 Å². The van der Waals surface area contributed by atoms with Gasteiger partial charge in [-0.05, 0) is 24.0 Å². The first-order valence-electron chi connectivity index (χ1n) is 3.78. The molecule has 1 aromatic rings. The van der Waals surface area contributed by atoms with Crippen LogP contribution in [0.5, 0.6) is 0 Å². The molecule has 0 saturated heterocycles. The first-order valence-corrected chi connectivity index (χ1v) is 5.64. The molecule has 0 heterocycles. The van der Waals surface area contributed by atoms with Crippen LogP contribution < -0.4 is 0 Å². The van der Waals surface area contributed by atoms with Crippen molar-refractivity contribution in [2.24, 2.45) is 0 Å². The Morgan fingerprint density at radius 3 is 3.00 bits per heavy atom. The summed E-state index contributed by atoms with van der Waals surface area (Å²) in [6.07, 6.45) is 6.22. The first-order chi connectivity index (χ1) is 5.86. The number of hydrogen-bond acceptors (Lipinski definition) is 2. The Morgan fingerprint density at radius 1 is 1.50 bits per heavy atom. The summed E-state index contributed by atoms with van der Waals surface area (Å²) in [5.74, 6) is 0.795. The molecule has 2 heteroatoms. The lowest BCUT2D eigenvalue weighted by molar-refractivity contribution is 1.45. The zero-order valence-corrected chi connectivity index (χ0v) is 8.74. The number of rotatable bonds is 3. The van der Waals surface area contributed by atoms with Crippen molar-refractivity contribution in [3.8, 4) is 0 Å². The molecule has 0 saturated carbocycles. The van der Waals surface area contributed by atoms with E-state index >= 15 is 0 Å². The lowest BCUT2D eigenvalue weighted by atomic mass is 10.2. The summed E-state index contributed by atoms with van der Waals surface area (Å²) in [5.41, 5.74) is 1.25. The summed E-state index contributed by atoms with van der Waals surface area (Å²) >= 11 is 5.87. The molecule has 0 fully saturated rings. The molecule has 0 aliphatic heterocycles. The third-order valence-corrected chi connectivity index (χ3v) is 2.45. The average molecular weight is 196 g/mol. The Bertz CT molecular complexity index is 266. The molecule has 0 N–H and O–H groups in total. The van der Waals surface area contributed by atoms with Crippen molar-refractivity contribution in [1.29, 1.82) is 0 Å². The van der Waals surface area contributed by atoms with Crippen molar-refractivity contribution < 1.29 is 0 Å². The molecule has 64 valence electrons. The molecule has 0 amide bonds. The highest BCUT2D eigenvalue weighted by Gasteiger charge is 1.89. The summed E-state index contributed by atoms with van der Waals surface area (Å²) < 4.78 is 0. The Morgan fingerprint density at radius 2 is 2.33 bits per heavy atom. The fraction of sp³-hybridized carbons (Fsp3) is 0.200. The van der Waals surface area contributed by atoms with Crippen molar-refractivity contribution in [2.75, 3.05) is 12.0 Å². The zero-order chi connectivity index (χ0) is 8.81. The smallest absolute Gasteiger partial charge is 0.00858 e. The molecule has 0 spiro atoms. The maximum absolute atomic E-state index is 4.11. The van der Waals surface area contributed by atoms with E-state index in [0.717, 1.165) is 5.75 Å². The summed E-state index contributed by atoms with van der Waals surface area (Å²) in [6.45, 7) is 0. The van der Waals surface area contributed by atoms with Crippen molar-refractivity contribution in [3.05, 3.63) is 35.9 Å². The number of thioether (sulfide) groups is 1. The molecule has 12 heavy (non-hydrogen) atoms. The topological polar surface area (TPSA) is 0 Å². The molecule has 0 bridgehead atoms. The highest BCUT2D eigenvalue weighted by Crippen LogP contribution is 2.16. The highest BCUT2D eigenvalue weighted by molar-refractivity contribution is 7.98.